The Labute approximate surface area is 86.2 Å². The molecule has 3 heteroatoms. The predicted octanol–water partition coefficient (Wildman–Crippen LogP) is 0.774. The molecular weight excluding hydrogens is 174 g/mol. The fourth-order valence-corrected chi connectivity index (χ4v) is 1.50. The van der Waals surface area contributed by atoms with Crippen LogP contribution in [0.3, 0.4) is 0 Å². The monoisotopic (exact) mass is 193 g/mol. The van der Waals surface area contributed by atoms with Gasteiger partial charge >= 0.3 is 0 Å². The van der Waals surface area contributed by atoms with Crippen molar-refractivity contribution in [2.75, 3.05) is 27.7 Å². The highest BCUT2D eigenvalue weighted by Crippen LogP contribution is 2.01. The fourth-order valence-electron chi connectivity index (χ4n) is 1.50. The smallest absolute Gasteiger partial charge is 0.0270 e. The van der Waals surface area contributed by atoms with Gasteiger partial charge in [0.15, 0.2) is 0 Å². The molecule has 0 aliphatic carbocycles. The molecule has 0 bridgehead atoms. The fraction of sp³-hybridized carbons (Fsp3) is 0.545. The normalized spacial score (nSPS) is 13.1. The number of pyridine rings is 1. The molecule has 1 N–H and O–H groups in total. The summed E-state index contributed by atoms with van der Waals surface area (Å²) in [4.78, 5) is 6.21. The lowest BCUT2D eigenvalue weighted by Gasteiger charge is -2.20. The van der Waals surface area contributed by atoms with E-state index < -0.39 is 0 Å². The molecule has 1 atom stereocenters. The second-order valence-electron chi connectivity index (χ2n) is 3.81. The molecule has 1 aromatic heterocycles. The van der Waals surface area contributed by atoms with Crippen LogP contribution in [0.5, 0.6) is 0 Å². The standard InChI is InChI=1S/C11H19N3/c1-12-11(9-14(2)3)8-10-4-6-13-7-5-10/h4-7,11-12H,8-9H2,1-3H3. The molecule has 0 saturated heterocycles. The van der Waals surface area contributed by atoms with Gasteiger partial charge in [-0.05, 0) is 45.3 Å². The van der Waals surface area contributed by atoms with Crippen LogP contribution >= 0.6 is 0 Å². The molecular formula is C11H19N3. The van der Waals surface area contributed by atoms with Gasteiger partial charge in [0.2, 0.25) is 0 Å². The van der Waals surface area contributed by atoms with E-state index in [1.165, 1.54) is 5.56 Å². The number of hydrogen-bond donors (Lipinski definition) is 1. The summed E-state index contributed by atoms with van der Waals surface area (Å²) in [5.41, 5.74) is 1.33. The quantitative estimate of drug-likeness (QED) is 0.749. The van der Waals surface area contributed by atoms with E-state index in [0.717, 1.165) is 13.0 Å². The van der Waals surface area contributed by atoms with Gasteiger partial charge in [0.05, 0.1) is 0 Å². The van der Waals surface area contributed by atoms with Crippen LogP contribution in [-0.2, 0) is 6.42 Å². The van der Waals surface area contributed by atoms with Crippen molar-refractivity contribution in [3.05, 3.63) is 30.1 Å². The first-order chi connectivity index (χ1) is 6.72. The van der Waals surface area contributed by atoms with Crippen LogP contribution in [0.4, 0.5) is 0 Å². The van der Waals surface area contributed by atoms with Crippen molar-refractivity contribution in [2.24, 2.45) is 0 Å². The molecule has 0 amide bonds. The van der Waals surface area contributed by atoms with Gasteiger partial charge in [0, 0.05) is 25.0 Å². The van der Waals surface area contributed by atoms with E-state index in [-0.39, 0.29) is 0 Å². The van der Waals surface area contributed by atoms with E-state index in [4.69, 9.17) is 0 Å². The maximum absolute atomic E-state index is 4.01. The van der Waals surface area contributed by atoms with Gasteiger partial charge in [-0.3, -0.25) is 4.98 Å². The summed E-state index contributed by atoms with van der Waals surface area (Å²) in [6.45, 7) is 1.05. The molecule has 1 unspecified atom stereocenters. The lowest BCUT2D eigenvalue weighted by Crippen LogP contribution is -2.37. The van der Waals surface area contributed by atoms with Crippen molar-refractivity contribution < 1.29 is 0 Å². The third kappa shape index (κ3) is 3.85. The Morgan fingerprint density at radius 3 is 2.50 bits per heavy atom. The van der Waals surface area contributed by atoms with Crippen molar-refractivity contribution in [1.82, 2.24) is 15.2 Å². The molecule has 14 heavy (non-hydrogen) atoms. The molecule has 1 rings (SSSR count). The summed E-state index contributed by atoms with van der Waals surface area (Å²) in [7, 11) is 6.20. The maximum Gasteiger partial charge on any atom is 0.0270 e. The SMILES string of the molecule is CNC(Cc1ccncc1)CN(C)C. The minimum absolute atomic E-state index is 0.507. The molecule has 0 radical (unpaired) electrons. The Morgan fingerprint density at radius 1 is 1.36 bits per heavy atom. The highest BCUT2D eigenvalue weighted by Gasteiger charge is 2.07. The molecule has 0 fully saturated rings. The van der Waals surface area contributed by atoms with E-state index in [1.54, 1.807) is 0 Å². The van der Waals surface area contributed by atoms with Crippen molar-refractivity contribution in [1.29, 1.82) is 0 Å². The highest BCUT2D eigenvalue weighted by atomic mass is 15.1. The van der Waals surface area contributed by atoms with E-state index in [2.05, 4.69) is 41.4 Å². The first-order valence-electron chi connectivity index (χ1n) is 4.93. The first kappa shape index (κ1) is 11.1. The second-order valence-corrected chi connectivity index (χ2v) is 3.81. The third-order valence-electron chi connectivity index (χ3n) is 2.23. The lowest BCUT2D eigenvalue weighted by atomic mass is 10.1. The zero-order valence-electron chi connectivity index (χ0n) is 9.20. The summed E-state index contributed by atoms with van der Waals surface area (Å²) in [6, 6.07) is 4.65. The van der Waals surface area contributed by atoms with E-state index in [9.17, 15) is 0 Å². The molecule has 0 aliphatic rings. The zero-order chi connectivity index (χ0) is 10.4. The Kier molecular flexibility index (Phi) is 4.56. The zero-order valence-corrected chi connectivity index (χ0v) is 9.20. The van der Waals surface area contributed by atoms with Crippen LogP contribution < -0.4 is 5.32 Å². The molecule has 78 valence electrons. The average molecular weight is 193 g/mol. The molecule has 0 aromatic carbocycles. The molecule has 0 saturated carbocycles. The second kappa shape index (κ2) is 5.73. The summed E-state index contributed by atoms with van der Waals surface area (Å²) < 4.78 is 0. The summed E-state index contributed by atoms with van der Waals surface area (Å²) in [5, 5.41) is 3.32. The lowest BCUT2D eigenvalue weighted by molar-refractivity contribution is 0.346. The topological polar surface area (TPSA) is 28.2 Å². The Bertz CT molecular complexity index is 246. The van der Waals surface area contributed by atoms with Crippen molar-refractivity contribution in [2.45, 2.75) is 12.5 Å². The van der Waals surface area contributed by atoms with E-state index >= 15 is 0 Å². The van der Waals surface area contributed by atoms with Crippen LogP contribution in [0.2, 0.25) is 0 Å². The Morgan fingerprint density at radius 2 is 2.00 bits per heavy atom. The number of rotatable bonds is 5. The van der Waals surface area contributed by atoms with Gasteiger partial charge in [0.1, 0.15) is 0 Å². The number of aromatic nitrogens is 1. The Balaban J connectivity index is 2.48. The van der Waals surface area contributed by atoms with E-state index in [0.29, 0.717) is 6.04 Å². The maximum atomic E-state index is 4.01. The van der Waals surface area contributed by atoms with Crippen LogP contribution in [0.25, 0.3) is 0 Å². The number of hydrogen-bond acceptors (Lipinski definition) is 3. The largest absolute Gasteiger partial charge is 0.315 e. The highest BCUT2D eigenvalue weighted by molar-refractivity contribution is 5.11. The van der Waals surface area contributed by atoms with Gasteiger partial charge < -0.3 is 10.2 Å². The first-order valence-corrected chi connectivity index (χ1v) is 4.93. The number of nitrogens with zero attached hydrogens (tertiary/aromatic N) is 2. The van der Waals surface area contributed by atoms with Crippen LogP contribution in [-0.4, -0.2) is 43.6 Å². The van der Waals surface area contributed by atoms with Gasteiger partial charge in [0.25, 0.3) is 0 Å². The van der Waals surface area contributed by atoms with Gasteiger partial charge in [-0.2, -0.15) is 0 Å². The predicted molar refractivity (Wildman–Crippen MR) is 59.3 cm³/mol. The minimum atomic E-state index is 0.507. The number of nitrogens with one attached hydrogen (secondary N) is 1. The van der Waals surface area contributed by atoms with E-state index in [1.807, 2.05) is 19.4 Å². The van der Waals surface area contributed by atoms with Gasteiger partial charge in [-0.15, -0.1) is 0 Å². The van der Waals surface area contributed by atoms with Crippen molar-refractivity contribution >= 4 is 0 Å². The molecule has 0 aliphatic heterocycles. The van der Waals surface area contributed by atoms with Crippen LogP contribution in [0.1, 0.15) is 5.56 Å². The van der Waals surface area contributed by atoms with Gasteiger partial charge in [-0.25, -0.2) is 0 Å². The summed E-state index contributed by atoms with van der Waals surface area (Å²) in [5.74, 6) is 0. The number of likely N-dealkylation sites (N-methyl/N-ethyl adjacent to an activating group) is 2. The Hall–Kier alpha value is -0.930. The molecule has 3 nitrogen and oxygen atoms in total. The minimum Gasteiger partial charge on any atom is -0.315 e. The molecule has 1 heterocycles. The van der Waals surface area contributed by atoms with Crippen LogP contribution in [0.15, 0.2) is 24.5 Å². The van der Waals surface area contributed by atoms with Gasteiger partial charge in [-0.1, -0.05) is 0 Å². The third-order valence-corrected chi connectivity index (χ3v) is 2.23. The summed E-state index contributed by atoms with van der Waals surface area (Å²) >= 11 is 0. The summed E-state index contributed by atoms with van der Waals surface area (Å²) in [6.07, 6.45) is 4.74. The molecule has 1 aromatic rings. The average Bonchev–Trinajstić information content (AvgIpc) is 2.17. The van der Waals surface area contributed by atoms with Crippen molar-refractivity contribution in [3.8, 4) is 0 Å². The molecule has 0 spiro atoms. The van der Waals surface area contributed by atoms with Crippen molar-refractivity contribution in [3.63, 3.8) is 0 Å². The van der Waals surface area contributed by atoms with Crippen LogP contribution in [0, 0.1) is 0 Å².